The molecule has 6 N–H and O–H groups in total. The van der Waals surface area contributed by atoms with Crippen LogP contribution in [0.5, 0.6) is 34.5 Å². The fourth-order valence-electron chi connectivity index (χ4n) is 4.75. The first-order valence-corrected chi connectivity index (χ1v) is 18.3. The van der Waals surface area contributed by atoms with Crippen molar-refractivity contribution in [3.05, 3.63) is 215 Å². The maximum absolute atomic E-state index is 11.7. The largest absolute Gasteiger partial charge is 0.508 e. The summed E-state index contributed by atoms with van der Waals surface area (Å²) in [4.78, 5) is 35.0. The summed E-state index contributed by atoms with van der Waals surface area (Å²) in [5, 5.41) is 54.9. The van der Waals surface area contributed by atoms with Crippen LogP contribution in [0.15, 0.2) is 182 Å². The molecule has 0 aromatic heterocycles. The van der Waals surface area contributed by atoms with E-state index in [0.29, 0.717) is 0 Å². The molecule has 0 radical (unpaired) electrons. The van der Waals surface area contributed by atoms with E-state index in [4.69, 9.17) is 30.6 Å². The van der Waals surface area contributed by atoms with E-state index in [0.717, 1.165) is 33.4 Å². The molecule has 0 atom stereocenters. The van der Waals surface area contributed by atoms with E-state index in [1.165, 1.54) is 36.5 Å². The van der Waals surface area contributed by atoms with Crippen molar-refractivity contribution in [2.24, 2.45) is 0 Å². The monoisotopic (exact) mass is 904 g/mol. The van der Waals surface area contributed by atoms with E-state index in [1.54, 1.807) is 182 Å². The minimum absolute atomic E-state index is 0. The molecule has 6 aromatic carbocycles. The van der Waals surface area contributed by atoms with Crippen LogP contribution in [-0.4, -0.2) is 48.0 Å². The van der Waals surface area contributed by atoms with Gasteiger partial charge in [-0.2, -0.15) is 0 Å². The summed E-state index contributed by atoms with van der Waals surface area (Å²) in [6.07, 6.45) is 18.9. The summed E-state index contributed by atoms with van der Waals surface area (Å²) in [5.41, 5.74) is 5.05. The van der Waals surface area contributed by atoms with Crippen LogP contribution in [0.2, 0.25) is 0 Å². The zero-order valence-corrected chi connectivity index (χ0v) is 34.1. The van der Waals surface area contributed by atoms with E-state index in [-0.39, 0.29) is 72.3 Å². The molecule has 10 heteroatoms. The van der Waals surface area contributed by atoms with Gasteiger partial charge in [-0.25, -0.2) is 0 Å². The van der Waals surface area contributed by atoms with Crippen molar-refractivity contribution in [1.82, 2.24) is 0 Å². The van der Waals surface area contributed by atoms with Crippen molar-refractivity contribution >= 4 is 53.8 Å². The molecular formula is C51H42O9Pd. The Morgan fingerprint density at radius 3 is 0.475 bits per heavy atom. The molecule has 61 heavy (non-hydrogen) atoms. The smallest absolute Gasteiger partial charge is 0.178 e. The number of allylic oxidation sites excluding steroid dienone is 6. The average Bonchev–Trinajstić information content (AvgIpc) is 3.25. The summed E-state index contributed by atoms with van der Waals surface area (Å²) in [6, 6.07) is 39.5. The third kappa shape index (κ3) is 19.5. The molecule has 6 aromatic rings. The van der Waals surface area contributed by atoms with Gasteiger partial charge in [0.15, 0.2) is 17.3 Å². The third-order valence-electron chi connectivity index (χ3n) is 8.00. The van der Waals surface area contributed by atoms with Gasteiger partial charge in [0, 0.05) is 20.4 Å². The standard InChI is InChI=1S/3C17H14O3.Pd/c3*18-15-7-1-13(2-8-15)5-11-17(20)12-6-14-3-9-16(19)10-4-14;/h3*1-12,18-19H;. The second kappa shape index (κ2) is 25.6. The molecule has 0 aliphatic carbocycles. The number of carbonyl (C=O) groups excluding carboxylic acids is 3. The van der Waals surface area contributed by atoms with Crippen LogP contribution in [0.4, 0.5) is 0 Å². The number of ketones is 3. The van der Waals surface area contributed by atoms with Crippen molar-refractivity contribution in [2.45, 2.75) is 0 Å². The summed E-state index contributed by atoms with van der Waals surface area (Å²) < 4.78 is 0. The van der Waals surface area contributed by atoms with Gasteiger partial charge in [-0.1, -0.05) is 109 Å². The first-order valence-electron chi connectivity index (χ1n) is 18.3. The minimum atomic E-state index is -0.133. The third-order valence-corrected chi connectivity index (χ3v) is 8.00. The number of aromatic hydroxyl groups is 6. The molecule has 310 valence electrons. The Bertz CT molecular complexity index is 2020. The van der Waals surface area contributed by atoms with Crippen LogP contribution in [0.3, 0.4) is 0 Å². The maximum atomic E-state index is 11.7. The first kappa shape index (κ1) is 47.6. The molecule has 0 spiro atoms. The summed E-state index contributed by atoms with van der Waals surface area (Å²) in [7, 11) is 0. The molecule has 6 rings (SSSR count). The summed E-state index contributed by atoms with van der Waals surface area (Å²) in [5.74, 6) is 0.771. The number of rotatable bonds is 12. The number of carbonyl (C=O) groups is 3. The minimum Gasteiger partial charge on any atom is -0.508 e. The SMILES string of the molecule is O=C(C=Cc1ccc(O)cc1)C=Cc1ccc(O)cc1.O=C(C=Cc1ccc(O)cc1)C=Cc1ccc(O)cc1.O=C(C=Cc1ccc(O)cc1)C=Cc1ccc(O)cc1.[Pd]. The van der Waals surface area contributed by atoms with Crippen molar-refractivity contribution < 1.29 is 65.4 Å². The number of phenolic OH excluding ortho intramolecular Hbond substituents is 6. The normalized spacial score (nSPS) is 11.0. The van der Waals surface area contributed by atoms with Gasteiger partial charge in [-0.15, -0.1) is 0 Å². The Morgan fingerprint density at radius 2 is 0.361 bits per heavy atom. The average molecular weight is 905 g/mol. The Balaban J connectivity index is 0.000000242. The van der Waals surface area contributed by atoms with Gasteiger partial charge in [-0.3, -0.25) is 14.4 Å². The zero-order chi connectivity index (χ0) is 43.1. The van der Waals surface area contributed by atoms with Crippen LogP contribution in [-0.2, 0) is 34.8 Å². The van der Waals surface area contributed by atoms with Crippen LogP contribution < -0.4 is 0 Å². The molecule has 0 bridgehead atoms. The Kier molecular flexibility index (Phi) is 20.0. The molecule has 0 saturated carbocycles. The van der Waals surface area contributed by atoms with Gasteiger partial charge in [0.2, 0.25) is 0 Å². The van der Waals surface area contributed by atoms with Crippen molar-refractivity contribution in [3.8, 4) is 34.5 Å². The molecule has 0 aliphatic heterocycles. The van der Waals surface area contributed by atoms with Crippen LogP contribution >= 0.6 is 0 Å². The van der Waals surface area contributed by atoms with Crippen LogP contribution in [0.25, 0.3) is 36.5 Å². The molecule has 0 amide bonds. The van der Waals surface area contributed by atoms with E-state index in [9.17, 15) is 14.4 Å². The number of benzene rings is 6. The molecular weight excluding hydrogens is 863 g/mol. The molecule has 0 heterocycles. The fourth-order valence-corrected chi connectivity index (χ4v) is 4.75. The van der Waals surface area contributed by atoms with E-state index < -0.39 is 0 Å². The van der Waals surface area contributed by atoms with E-state index in [2.05, 4.69) is 0 Å². The van der Waals surface area contributed by atoms with Gasteiger partial charge < -0.3 is 30.6 Å². The van der Waals surface area contributed by atoms with Gasteiger partial charge in [-0.05, 0) is 143 Å². The quantitative estimate of drug-likeness (QED) is 0.0516. The zero-order valence-electron chi connectivity index (χ0n) is 32.5. The van der Waals surface area contributed by atoms with Crippen LogP contribution in [0.1, 0.15) is 33.4 Å². The Hall–Kier alpha value is -7.77. The summed E-state index contributed by atoms with van der Waals surface area (Å²) in [6.45, 7) is 0. The fraction of sp³-hybridized carbons (Fsp3) is 0. The number of phenols is 6. The number of hydrogen-bond donors (Lipinski definition) is 6. The van der Waals surface area contributed by atoms with Gasteiger partial charge >= 0.3 is 0 Å². The topological polar surface area (TPSA) is 173 Å². The maximum Gasteiger partial charge on any atom is 0.178 e. The van der Waals surface area contributed by atoms with Crippen LogP contribution in [0, 0.1) is 0 Å². The van der Waals surface area contributed by atoms with Gasteiger partial charge in [0.25, 0.3) is 0 Å². The summed E-state index contributed by atoms with van der Waals surface area (Å²) >= 11 is 0. The van der Waals surface area contributed by atoms with E-state index in [1.807, 2.05) is 0 Å². The molecule has 0 aliphatic rings. The Labute approximate surface area is 367 Å². The molecule has 0 unspecified atom stereocenters. The predicted octanol–water partition coefficient (Wildman–Crippen LogP) is 10.2. The Morgan fingerprint density at radius 1 is 0.246 bits per heavy atom. The van der Waals surface area contributed by atoms with E-state index >= 15 is 0 Å². The molecule has 0 fully saturated rings. The second-order valence-electron chi connectivity index (χ2n) is 12.8. The molecule has 0 saturated heterocycles. The predicted molar refractivity (Wildman–Crippen MR) is 238 cm³/mol. The van der Waals surface area contributed by atoms with Gasteiger partial charge in [0.1, 0.15) is 34.5 Å². The number of hydrogen-bond acceptors (Lipinski definition) is 9. The van der Waals surface area contributed by atoms with Crippen molar-refractivity contribution in [2.75, 3.05) is 0 Å². The van der Waals surface area contributed by atoms with Crippen molar-refractivity contribution in [3.63, 3.8) is 0 Å². The first-order chi connectivity index (χ1) is 28.9. The molecule has 9 nitrogen and oxygen atoms in total. The second-order valence-corrected chi connectivity index (χ2v) is 12.8. The van der Waals surface area contributed by atoms with Gasteiger partial charge in [0.05, 0.1) is 0 Å². The van der Waals surface area contributed by atoms with Crippen molar-refractivity contribution in [1.29, 1.82) is 0 Å².